The zero-order chi connectivity index (χ0) is 13.6. The van der Waals surface area contributed by atoms with Gasteiger partial charge in [0.25, 0.3) is 0 Å². The van der Waals surface area contributed by atoms with Crippen LogP contribution in [0.15, 0.2) is 36.4 Å². The molecule has 3 aromatic rings. The molecule has 0 saturated carbocycles. The third-order valence-corrected chi connectivity index (χ3v) is 3.97. The molecule has 1 aromatic heterocycles. The highest BCUT2D eigenvalue weighted by Gasteiger charge is 2.12. The molecule has 0 aliphatic rings. The zero-order valence-electron chi connectivity index (χ0n) is 9.45. The summed E-state index contributed by atoms with van der Waals surface area (Å²) in [5, 5.41) is 0. The number of rotatable bonds is 1. The van der Waals surface area contributed by atoms with Gasteiger partial charge in [0.2, 0.25) is 0 Å². The summed E-state index contributed by atoms with van der Waals surface area (Å²) in [4.78, 5) is 2.84. The van der Waals surface area contributed by atoms with Crippen LogP contribution in [0.4, 0.5) is 8.78 Å². The first-order chi connectivity index (χ1) is 9.08. The third kappa shape index (κ3) is 2.08. The lowest BCUT2D eigenvalue weighted by molar-refractivity contribution is 0.626. The van der Waals surface area contributed by atoms with Crippen molar-refractivity contribution in [2.24, 2.45) is 0 Å². The molecule has 0 radical (unpaired) electrons. The molecule has 0 spiro atoms. The lowest BCUT2D eigenvalue weighted by atomic mass is 10.2. The van der Waals surface area contributed by atoms with E-state index in [4.69, 9.17) is 12.2 Å². The summed E-state index contributed by atoms with van der Waals surface area (Å²) in [7, 11) is 0. The summed E-state index contributed by atoms with van der Waals surface area (Å²) in [6, 6.07) is 9.16. The maximum atomic E-state index is 13.7. The fraction of sp³-hybridized carbons (Fsp3) is 0. The van der Waals surface area contributed by atoms with Crippen LogP contribution in [-0.2, 0) is 0 Å². The molecule has 0 amide bonds. The summed E-state index contributed by atoms with van der Waals surface area (Å²) < 4.78 is 29.7. The van der Waals surface area contributed by atoms with Crippen molar-refractivity contribution in [1.82, 2.24) is 9.55 Å². The Balaban J connectivity index is 2.40. The van der Waals surface area contributed by atoms with Gasteiger partial charge in [0.15, 0.2) is 4.77 Å². The maximum Gasteiger partial charge on any atom is 0.182 e. The van der Waals surface area contributed by atoms with Crippen LogP contribution in [0, 0.1) is 20.0 Å². The van der Waals surface area contributed by atoms with Gasteiger partial charge in [-0.2, -0.15) is 0 Å². The molecule has 1 N–H and O–H groups in total. The predicted molar refractivity (Wildman–Crippen MR) is 81.1 cm³/mol. The maximum absolute atomic E-state index is 13.7. The number of H-pyrrole nitrogens is 1. The number of para-hydroxylation sites is 1. The van der Waals surface area contributed by atoms with Crippen LogP contribution in [0.2, 0.25) is 0 Å². The van der Waals surface area contributed by atoms with E-state index in [2.05, 4.69) is 4.98 Å². The molecule has 0 atom stereocenters. The van der Waals surface area contributed by atoms with Crippen LogP contribution in [0.3, 0.4) is 0 Å². The van der Waals surface area contributed by atoms with Gasteiger partial charge in [0.05, 0.1) is 11.2 Å². The quantitative estimate of drug-likeness (QED) is 0.479. The van der Waals surface area contributed by atoms with Crippen molar-refractivity contribution in [3.63, 3.8) is 0 Å². The average molecular weight is 388 g/mol. The van der Waals surface area contributed by atoms with E-state index < -0.39 is 0 Å². The van der Waals surface area contributed by atoms with Crippen LogP contribution in [0.1, 0.15) is 0 Å². The molecule has 0 unspecified atom stereocenters. The summed E-state index contributed by atoms with van der Waals surface area (Å²) >= 11 is 7.26. The van der Waals surface area contributed by atoms with E-state index in [1.54, 1.807) is 22.8 Å². The van der Waals surface area contributed by atoms with E-state index in [1.165, 1.54) is 18.2 Å². The first-order valence-electron chi connectivity index (χ1n) is 5.42. The van der Waals surface area contributed by atoms with Crippen molar-refractivity contribution in [3.8, 4) is 5.69 Å². The Morgan fingerprint density at radius 3 is 2.68 bits per heavy atom. The summed E-state index contributed by atoms with van der Waals surface area (Å²) in [5.41, 5.74) is 1.71. The highest BCUT2D eigenvalue weighted by molar-refractivity contribution is 14.1. The van der Waals surface area contributed by atoms with Crippen LogP contribution in [0.5, 0.6) is 0 Å². The van der Waals surface area contributed by atoms with E-state index >= 15 is 0 Å². The highest BCUT2D eigenvalue weighted by atomic mass is 127. The number of benzene rings is 2. The normalized spacial score (nSPS) is 11.1. The molecule has 0 saturated heterocycles. The van der Waals surface area contributed by atoms with E-state index in [0.717, 1.165) is 5.69 Å². The van der Waals surface area contributed by atoms with Gasteiger partial charge < -0.3 is 4.98 Å². The Kier molecular flexibility index (Phi) is 3.14. The second kappa shape index (κ2) is 4.68. The number of hydrogen-bond acceptors (Lipinski definition) is 1. The van der Waals surface area contributed by atoms with Gasteiger partial charge in [-0.25, -0.2) is 8.78 Å². The standard InChI is InChI=1S/C13H7F2IN2S/c14-7-4-5-10(9(16)6-7)18-11-3-1-2-8(15)12(11)17-13(18)19/h1-6H,(H,17,19). The number of nitrogens with zero attached hydrogens (tertiary/aromatic N) is 1. The van der Waals surface area contributed by atoms with E-state index in [9.17, 15) is 8.78 Å². The molecule has 96 valence electrons. The molecule has 2 nitrogen and oxygen atoms in total. The highest BCUT2D eigenvalue weighted by Crippen LogP contribution is 2.25. The first kappa shape index (κ1) is 12.7. The molecular formula is C13H7F2IN2S. The third-order valence-electron chi connectivity index (χ3n) is 2.82. The Morgan fingerprint density at radius 2 is 1.95 bits per heavy atom. The van der Waals surface area contributed by atoms with Gasteiger partial charge in [0.1, 0.15) is 17.2 Å². The van der Waals surface area contributed by atoms with Crippen LogP contribution in [0.25, 0.3) is 16.7 Å². The largest absolute Gasteiger partial charge is 0.328 e. The number of imidazole rings is 1. The fourth-order valence-electron chi connectivity index (χ4n) is 2.00. The second-order valence-electron chi connectivity index (χ2n) is 4.00. The van der Waals surface area contributed by atoms with Crippen molar-refractivity contribution < 1.29 is 8.78 Å². The molecule has 19 heavy (non-hydrogen) atoms. The number of hydrogen-bond donors (Lipinski definition) is 1. The minimum Gasteiger partial charge on any atom is -0.328 e. The summed E-state index contributed by atoms with van der Waals surface area (Å²) in [6.45, 7) is 0. The van der Waals surface area contributed by atoms with Crippen molar-refractivity contribution in [2.75, 3.05) is 0 Å². The van der Waals surface area contributed by atoms with Gasteiger partial charge in [-0.05, 0) is 65.1 Å². The lowest BCUT2D eigenvalue weighted by Crippen LogP contribution is -1.97. The summed E-state index contributed by atoms with van der Waals surface area (Å²) in [5.74, 6) is -0.676. The zero-order valence-corrected chi connectivity index (χ0v) is 12.4. The van der Waals surface area contributed by atoms with E-state index in [0.29, 0.717) is 19.4 Å². The Morgan fingerprint density at radius 1 is 1.16 bits per heavy atom. The molecule has 0 aliphatic carbocycles. The van der Waals surface area contributed by atoms with Crippen LogP contribution >= 0.6 is 34.8 Å². The number of aromatic amines is 1. The van der Waals surface area contributed by atoms with Crippen molar-refractivity contribution in [3.05, 3.63) is 56.4 Å². The van der Waals surface area contributed by atoms with Gasteiger partial charge in [0, 0.05) is 3.57 Å². The Hall–Kier alpha value is -1.28. The number of aromatic nitrogens is 2. The number of fused-ring (bicyclic) bond motifs is 1. The molecule has 0 aliphatic heterocycles. The minimum absolute atomic E-state index is 0.314. The number of halogens is 3. The Labute approximate surface area is 126 Å². The predicted octanol–water partition coefficient (Wildman–Crippen LogP) is 4.57. The first-order valence-corrected chi connectivity index (χ1v) is 6.91. The molecular weight excluding hydrogens is 381 g/mol. The smallest absolute Gasteiger partial charge is 0.182 e. The van der Waals surface area contributed by atoms with Crippen molar-refractivity contribution in [1.29, 1.82) is 0 Å². The summed E-state index contributed by atoms with van der Waals surface area (Å²) in [6.07, 6.45) is 0. The minimum atomic E-state index is -0.362. The monoisotopic (exact) mass is 388 g/mol. The van der Waals surface area contributed by atoms with Crippen LogP contribution < -0.4 is 0 Å². The fourth-order valence-corrected chi connectivity index (χ4v) is 3.01. The molecule has 0 fully saturated rings. The molecule has 2 aromatic carbocycles. The molecule has 6 heteroatoms. The molecule has 0 bridgehead atoms. The molecule has 1 heterocycles. The van der Waals surface area contributed by atoms with Crippen LogP contribution in [-0.4, -0.2) is 9.55 Å². The SMILES string of the molecule is Fc1ccc(-n2c(=S)[nH]c3c(F)cccc32)c(I)c1. The second-order valence-corrected chi connectivity index (χ2v) is 5.54. The number of nitrogens with one attached hydrogen (secondary N) is 1. The van der Waals surface area contributed by atoms with E-state index in [1.807, 2.05) is 22.6 Å². The molecule has 3 rings (SSSR count). The van der Waals surface area contributed by atoms with Gasteiger partial charge in [-0.1, -0.05) is 6.07 Å². The van der Waals surface area contributed by atoms with Crippen molar-refractivity contribution >= 4 is 45.8 Å². The van der Waals surface area contributed by atoms with Gasteiger partial charge >= 0.3 is 0 Å². The average Bonchev–Trinajstić information content (AvgIpc) is 2.68. The van der Waals surface area contributed by atoms with Crippen molar-refractivity contribution in [2.45, 2.75) is 0 Å². The van der Waals surface area contributed by atoms with E-state index in [-0.39, 0.29) is 11.6 Å². The van der Waals surface area contributed by atoms with Gasteiger partial charge in [-0.15, -0.1) is 0 Å². The van der Waals surface area contributed by atoms with Gasteiger partial charge in [-0.3, -0.25) is 4.57 Å². The topological polar surface area (TPSA) is 20.7 Å². The Bertz CT molecular complexity index is 838. The lowest BCUT2D eigenvalue weighted by Gasteiger charge is -2.07.